The Bertz CT molecular complexity index is 410. The molecule has 2 nitrogen and oxygen atoms in total. The summed E-state index contributed by atoms with van der Waals surface area (Å²) in [6, 6.07) is 10.6. The fraction of sp³-hybridized carbons (Fsp3) is 0.438. The van der Waals surface area contributed by atoms with E-state index in [2.05, 4.69) is 24.3 Å². The monoisotopic (exact) mass is 243 g/mol. The summed E-state index contributed by atoms with van der Waals surface area (Å²) < 4.78 is 0. The summed E-state index contributed by atoms with van der Waals surface area (Å²) in [6.45, 7) is 3.64. The quantitative estimate of drug-likeness (QED) is 0.729. The highest BCUT2D eigenvalue weighted by Crippen LogP contribution is 2.26. The molecule has 0 aromatic heterocycles. The third-order valence-corrected chi connectivity index (χ3v) is 3.56. The van der Waals surface area contributed by atoms with Crippen LogP contribution < -0.4 is 0 Å². The molecule has 1 unspecified atom stereocenters. The van der Waals surface area contributed by atoms with E-state index in [0.717, 1.165) is 19.5 Å². The first-order valence-electron chi connectivity index (χ1n) is 6.78. The fourth-order valence-corrected chi connectivity index (χ4v) is 2.59. The van der Waals surface area contributed by atoms with Gasteiger partial charge in [0.15, 0.2) is 0 Å². The molecule has 1 atom stereocenters. The van der Waals surface area contributed by atoms with Crippen molar-refractivity contribution < 1.29 is 4.79 Å². The van der Waals surface area contributed by atoms with Crippen molar-refractivity contribution >= 4 is 5.91 Å². The standard InChI is InChI=1S/C16H21NO/c1-2-8-16(18)17-12-7-6-11-15(13-17)14-9-4-3-5-10-14/h2-5,8-10,15H,6-7,11-13H2,1H3/b8-2+. The largest absolute Gasteiger partial charge is 0.339 e. The SMILES string of the molecule is C/C=C/C(=O)N1CCCCC(c2ccccc2)C1. The van der Waals surface area contributed by atoms with Gasteiger partial charge in [0.25, 0.3) is 0 Å². The smallest absolute Gasteiger partial charge is 0.246 e. The first-order chi connectivity index (χ1) is 8.81. The molecule has 1 aromatic rings. The molecule has 0 N–H and O–H groups in total. The van der Waals surface area contributed by atoms with Crippen molar-refractivity contribution in [2.24, 2.45) is 0 Å². The second-order valence-corrected chi connectivity index (χ2v) is 4.89. The maximum atomic E-state index is 12.0. The van der Waals surface area contributed by atoms with Gasteiger partial charge in [0.2, 0.25) is 5.91 Å². The summed E-state index contributed by atoms with van der Waals surface area (Å²) in [6.07, 6.45) is 7.01. The predicted molar refractivity (Wildman–Crippen MR) is 74.4 cm³/mol. The highest BCUT2D eigenvalue weighted by molar-refractivity contribution is 5.87. The molecule has 2 rings (SSSR count). The van der Waals surface area contributed by atoms with Gasteiger partial charge < -0.3 is 4.90 Å². The maximum Gasteiger partial charge on any atom is 0.246 e. The van der Waals surface area contributed by atoms with Crippen molar-refractivity contribution in [3.05, 3.63) is 48.0 Å². The van der Waals surface area contributed by atoms with Crippen LogP contribution in [0.2, 0.25) is 0 Å². The van der Waals surface area contributed by atoms with Gasteiger partial charge in [-0.15, -0.1) is 0 Å². The minimum absolute atomic E-state index is 0.153. The number of rotatable bonds is 2. The number of allylic oxidation sites excluding steroid dienone is 1. The predicted octanol–water partition coefficient (Wildman–Crippen LogP) is 3.36. The molecule has 1 aromatic carbocycles. The van der Waals surface area contributed by atoms with Gasteiger partial charge in [-0.3, -0.25) is 4.79 Å². The Morgan fingerprint density at radius 3 is 2.78 bits per heavy atom. The van der Waals surface area contributed by atoms with Crippen molar-refractivity contribution in [2.45, 2.75) is 32.1 Å². The molecule has 1 fully saturated rings. The minimum atomic E-state index is 0.153. The van der Waals surface area contributed by atoms with Gasteiger partial charge in [-0.25, -0.2) is 0 Å². The number of hydrogen-bond donors (Lipinski definition) is 0. The minimum Gasteiger partial charge on any atom is -0.339 e. The summed E-state index contributed by atoms with van der Waals surface area (Å²) in [5, 5.41) is 0. The zero-order valence-electron chi connectivity index (χ0n) is 11.0. The Hall–Kier alpha value is -1.57. The topological polar surface area (TPSA) is 20.3 Å². The van der Waals surface area contributed by atoms with Crippen LogP contribution in [0.4, 0.5) is 0 Å². The Balaban J connectivity index is 2.10. The van der Waals surface area contributed by atoms with E-state index in [1.807, 2.05) is 24.0 Å². The molecular formula is C16H21NO. The highest BCUT2D eigenvalue weighted by Gasteiger charge is 2.21. The third-order valence-electron chi connectivity index (χ3n) is 3.56. The molecule has 1 heterocycles. The molecule has 0 saturated carbocycles. The lowest BCUT2D eigenvalue weighted by molar-refractivity contribution is -0.126. The van der Waals surface area contributed by atoms with Crippen LogP contribution in [0.15, 0.2) is 42.5 Å². The molecule has 0 radical (unpaired) electrons. The van der Waals surface area contributed by atoms with Crippen molar-refractivity contribution in [2.75, 3.05) is 13.1 Å². The lowest BCUT2D eigenvalue weighted by atomic mass is 9.94. The zero-order valence-corrected chi connectivity index (χ0v) is 11.0. The number of hydrogen-bond acceptors (Lipinski definition) is 1. The van der Waals surface area contributed by atoms with Crippen LogP contribution in [0.5, 0.6) is 0 Å². The van der Waals surface area contributed by atoms with Crippen LogP contribution >= 0.6 is 0 Å². The zero-order chi connectivity index (χ0) is 12.8. The van der Waals surface area contributed by atoms with Gasteiger partial charge >= 0.3 is 0 Å². The first kappa shape index (κ1) is 12.9. The van der Waals surface area contributed by atoms with Crippen LogP contribution in [0.25, 0.3) is 0 Å². The summed E-state index contributed by atoms with van der Waals surface area (Å²) in [7, 11) is 0. The summed E-state index contributed by atoms with van der Waals surface area (Å²) in [5.74, 6) is 0.642. The highest BCUT2D eigenvalue weighted by atomic mass is 16.2. The Kier molecular flexibility index (Phi) is 4.57. The molecule has 96 valence electrons. The first-order valence-corrected chi connectivity index (χ1v) is 6.78. The third kappa shape index (κ3) is 3.22. The van der Waals surface area contributed by atoms with Crippen molar-refractivity contribution in [3.63, 3.8) is 0 Å². The normalized spacial score (nSPS) is 20.9. The molecule has 1 amide bonds. The second kappa shape index (κ2) is 6.39. The van der Waals surface area contributed by atoms with E-state index in [1.165, 1.54) is 18.4 Å². The molecule has 2 heteroatoms. The summed E-state index contributed by atoms with van der Waals surface area (Å²) >= 11 is 0. The number of amides is 1. The van der Waals surface area contributed by atoms with E-state index in [-0.39, 0.29) is 5.91 Å². The van der Waals surface area contributed by atoms with Gasteiger partial charge in [0, 0.05) is 19.0 Å². The Morgan fingerprint density at radius 1 is 1.28 bits per heavy atom. The van der Waals surface area contributed by atoms with Crippen LogP contribution in [0.1, 0.15) is 37.7 Å². The molecule has 0 spiro atoms. The fourth-order valence-electron chi connectivity index (χ4n) is 2.59. The lowest BCUT2D eigenvalue weighted by Gasteiger charge is -2.23. The van der Waals surface area contributed by atoms with Gasteiger partial charge in [-0.2, -0.15) is 0 Å². The molecule has 0 bridgehead atoms. The van der Waals surface area contributed by atoms with E-state index in [0.29, 0.717) is 5.92 Å². The summed E-state index contributed by atoms with van der Waals surface area (Å²) in [5.41, 5.74) is 1.36. The van der Waals surface area contributed by atoms with Crippen molar-refractivity contribution in [1.82, 2.24) is 4.90 Å². The van der Waals surface area contributed by atoms with Gasteiger partial charge in [0.05, 0.1) is 0 Å². The molecule has 0 aliphatic carbocycles. The molecule has 18 heavy (non-hydrogen) atoms. The van der Waals surface area contributed by atoms with E-state index < -0.39 is 0 Å². The van der Waals surface area contributed by atoms with Crippen LogP contribution in [-0.4, -0.2) is 23.9 Å². The van der Waals surface area contributed by atoms with E-state index in [4.69, 9.17) is 0 Å². The Morgan fingerprint density at radius 2 is 2.06 bits per heavy atom. The number of nitrogens with zero attached hydrogens (tertiary/aromatic N) is 1. The molecule has 1 aliphatic rings. The number of benzene rings is 1. The average Bonchev–Trinajstić information content (AvgIpc) is 2.66. The van der Waals surface area contributed by atoms with Crippen LogP contribution in [0, 0.1) is 0 Å². The average molecular weight is 243 g/mol. The van der Waals surface area contributed by atoms with E-state index in [9.17, 15) is 4.79 Å². The number of likely N-dealkylation sites (tertiary alicyclic amines) is 1. The number of carbonyl (C=O) groups is 1. The van der Waals surface area contributed by atoms with Gasteiger partial charge in [-0.05, 0) is 31.4 Å². The van der Waals surface area contributed by atoms with Crippen molar-refractivity contribution in [1.29, 1.82) is 0 Å². The molecular weight excluding hydrogens is 222 g/mol. The molecule has 1 saturated heterocycles. The van der Waals surface area contributed by atoms with Gasteiger partial charge in [0.1, 0.15) is 0 Å². The number of carbonyl (C=O) groups excluding carboxylic acids is 1. The van der Waals surface area contributed by atoms with Crippen molar-refractivity contribution in [3.8, 4) is 0 Å². The second-order valence-electron chi connectivity index (χ2n) is 4.89. The Labute approximate surface area is 109 Å². The summed E-state index contributed by atoms with van der Waals surface area (Å²) in [4.78, 5) is 14.0. The van der Waals surface area contributed by atoms with E-state index in [1.54, 1.807) is 6.08 Å². The van der Waals surface area contributed by atoms with E-state index >= 15 is 0 Å². The van der Waals surface area contributed by atoms with Crippen LogP contribution in [0.3, 0.4) is 0 Å². The van der Waals surface area contributed by atoms with Crippen LogP contribution in [-0.2, 0) is 4.79 Å². The van der Waals surface area contributed by atoms with Gasteiger partial charge in [-0.1, -0.05) is 42.8 Å². The maximum absolute atomic E-state index is 12.0. The molecule has 1 aliphatic heterocycles. The lowest BCUT2D eigenvalue weighted by Crippen LogP contribution is -2.32.